The molecule has 1 heterocycles. The Morgan fingerprint density at radius 1 is 1.10 bits per heavy atom. The van der Waals surface area contributed by atoms with E-state index >= 15 is 0 Å². The zero-order valence-corrected chi connectivity index (χ0v) is 18.6. The van der Waals surface area contributed by atoms with Gasteiger partial charge in [-0.05, 0) is 43.7 Å². The first kappa shape index (κ1) is 21.0. The van der Waals surface area contributed by atoms with Crippen LogP contribution in [0.15, 0.2) is 36.4 Å². The summed E-state index contributed by atoms with van der Waals surface area (Å²) in [5, 5.41) is 4.09. The van der Waals surface area contributed by atoms with Gasteiger partial charge in [-0.2, -0.15) is 0 Å². The Morgan fingerprint density at radius 3 is 2.52 bits per heavy atom. The molecule has 6 heteroatoms. The second kappa shape index (κ2) is 8.84. The Labute approximate surface area is 183 Å². The zero-order valence-electron chi connectivity index (χ0n) is 18.6. The number of anilines is 2. The first-order valence-corrected chi connectivity index (χ1v) is 10.6. The van der Waals surface area contributed by atoms with Crippen LogP contribution in [0, 0.1) is 6.92 Å². The quantitative estimate of drug-likeness (QED) is 0.637. The van der Waals surface area contributed by atoms with E-state index in [-0.39, 0.29) is 12.5 Å². The van der Waals surface area contributed by atoms with Gasteiger partial charge < -0.3 is 19.7 Å². The number of nitrogens with one attached hydrogen (secondary N) is 1. The lowest BCUT2D eigenvalue weighted by Crippen LogP contribution is -2.31. The van der Waals surface area contributed by atoms with Crippen LogP contribution in [-0.4, -0.2) is 38.7 Å². The first-order valence-electron chi connectivity index (χ1n) is 10.6. The number of fused-ring (bicyclic) bond motifs is 2. The molecule has 0 aliphatic heterocycles. The van der Waals surface area contributed by atoms with Gasteiger partial charge in [-0.1, -0.05) is 18.2 Å². The van der Waals surface area contributed by atoms with Crippen LogP contribution in [0.25, 0.3) is 10.9 Å². The molecule has 1 N–H and O–H groups in total. The van der Waals surface area contributed by atoms with Crippen molar-refractivity contribution in [1.29, 1.82) is 0 Å². The number of amides is 1. The highest BCUT2D eigenvalue weighted by Crippen LogP contribution is 2.36. The molecule has 0 atom stereocenters. The highest BCUT2D eigenvalue weighted by molar-refractivity contribution is 5.99. The minimum atomic E-state index is -0.0972. The van der Waals surface area contributed by atoms with Crippen molar-refractivity contribution in [2.24, 2.45) is 0 Å². The summed E-state index contributed by atoms with van der Waals surface area (Å²) in [4.78, 5) is 20.0. The fourth-order valence-corrected chi connectivity index (χ4v) is 4.37. The van der Waals surface area contributed by atoms with Crippen LogP contribution in [0.5, 0.6) is 11.5 Å². The number of carbonyl (C=O) groups excluding carboxylic acids is 1. The number of aromatic nitrogens is 1. The van der Waals surface area contributed by atoms with Gasteiger partial charge in [0.1, 0.15) is 11.5 Å². The van der Waals surface area contributed by atoms with Crippen molar-refractivity contribution in [2.45, 2.75) is 32.6 Å². The lowest BCUT2D eigenvalue weighted by atomic mass is 9.91. The summed E-state index contributed by atoms with van der Waals surface area (Å²) in [6.07, 6.45) is 4.32. The average Bonchev–Trinajstić information content (AvgIpc) is 2.77. The maximum Gasteiger partial charge on any atom is 0.243 e. The van der Waals surface area contributed by atoms with Gasteiger partial charge in [-0.3, -0.25) is 9.78 Å². The van der Waals surface area contributed by atoms with Crippen molar-refractivity contribution in [2.75, 3.05) is 38.0 Å². The zero-order chi connectivity index (χ0) is 22.0. The van der Waals surface area contributed by atoms with E-state index < -0.39 is 0 Å². The number of nitrogens with zero attached hydrogens (tertiary/aromatic N) is 2. The molecule has 1 amide bonds. The third kappa shape index (κ3) is 4.29. The van der Waals surface area contributed by atoms with E-state index in [9.17, 15) is 4.79 Å². The molecular weight excluding hydrogens is 390 g/mol. The van der Waals surface area contributed by atoms with Gasteiger partial charge in [-0.25, -0.2) is 0 Å². The molecule has 1 aliphatic carbocycles. The number of pyridine rings is 1. The second-order valence-electron chi connectivity index (χ2n) is 8.07. The minimum absolute atomic E-state index is 0.0972. The normalized spacial score (nSPS) is 12.9. The monoisotopic (exact) mass is 419 g/mol. The number of benzene rings is 2. The summed E-state index contributed by atoms with van der Waals surface area (Å²) in [7, 11) is 5.17. The van der Waals surface area contributed by atoms with E-state index in [0.717, 1.165) is 41.4 Å². The second-order valence-corrected chi connectivity index (χ2v) is 8.07. The molecule has 3 aromatic rings. The minimum Gasteiger partial charge on any atom is -0.497 e. The molecule has 0 spiro atoms. The smallest absolute Gasteiger partial charge is 0.243 e. The predicted molar refractivity (Wildman–Crippen MR) is 125 cm³/mol. The Hall–Kier alpha value is -3.28. The molecule has 162 valence electrons. The molecule has 6 nitrogen and oxygen atoms in total. The van der Waals surface area contributed by atoms with Crippen LogP contribution < -0.4 is 19.7 Å². The summed E-state index contributed by atoms with van der Waals surface area (Å²) < 4.78 is 10.6. The number of aryl methyl sites for hydroxylation is 2. The van der Waals surface area contributed by atoms with Crippen LogP contribution in [0.3, 0.4) is 0 Å². The van der Waals surface area contributed by atoms with Crippen LogP contribution >= 0.6 is 0 Å². The molecule has 0 unspecified atom stereocenters. The Morgan fingerprint density at radius 2 is 1.81 bits per heavy atom. The molecule has 1 aromatic heterocycles. The van der Waals surface area contributed by atoms with Crippen molar-refractivity contribution in [3.8, 4) is 11.5 Å². The number of ether oxygens (including phenoxy) is 2. The number of hydrogen-bond donors (Lipinski definition) is 1. The number of para-hydroxylation sites is 1. The Balaban J connectivity index is 1.64. The molecule has 31 heavy (non-hydrogen) atoms. The highest BCUT2D eigenvalue weighted by atomic mass is 16.5. The van der Waals surface area contributed by atoms with Crippen molar-refractivity contribution in [3.63, 3.8) is 0 Å². The highest BCUT2D eigenvalue weighted by Gasteiger charge is 2.22. The maximum atomic E-state index is 12.9. The molecule has 0 fully saturated rings. The van der Waals surface area contributed by atoms with E-state index in [1.807, 2.05) is 7.05 Å². The van der Waals surface area contributed by atoms with Gasteiger partial charge in [0.05, 0.1) is 32.0 Å². The summed E-state index contributed by atoms with van der Waals surface area (Å²) in [5.41, 5.74) is 6.42. The summed E-state index contributed by atoms with van der Waals surface area (Å²) in [5.74, 6) is 1.17. The summed E-state index contributed by atoms with van der Waals surface area (Å²) in [6.45, 7) is 2.33. The van der Waals surface area contributed by atoms with Gasteiger partial charge in [0.2, 0.25) is 5.91 Å². The molecular formula is C25H29N3O3. The van der Waals surface area contributed by atoms with Crippen molar-refractivity contribution in [1.82, 2.24) is 4.98 Å². The van der Waals surface area contributed by atoms with Crippen LogP contribution in [0.2, 0.25) is 0 Å². The Bertz CT molecular complexity index is 1100. The largest absolute Gasteiger partial charge is 0.497 e. The van der Waals surface area contributed by atoms with E-state index in [1.165, 1.54) is 17.7 Å². The van der Waals surface area contributed by atoms with E-state index in [2.05, 4.69) is 35.3 Å². The number of methoxy groups -OCH3 is 2. The maximum absolute atomic E-state index is 12.9. The van der Waals surface area contributed by atoms with Gasteiger partial charge in [0, 0.05) is 42.0 Å². The SMILES string of the molecule is COc1cc(NC(=O)CN(C)c2c3c(nc4c(C)cccc24)CCCC3)cc(OC)c1. The standard InChI is InChI=1S/C25H29N3O3/c1-16-8-7-10-21-24(16)27-22-11-6-5-9-20(22)25(21)28(2)15-23(29)26-17-12-18(30-3)14-19(13-17)31-4/h7-8,10,12-14H,5-6,9,11,15H2,1-4H3,(H,26,29). The average molecular weight is 420 g/mol. The van der Waals surface area contributed by atoms with Crippen LogP contribution in [0.1, 0.15) is 29.7 Å². The first-order chi connectivity index (χ1) is 15.0. The van der Waals surface area contributed by atoms with E-state index in [1.54, 1.807) is 32.4 Å². The molecule has 0 bridgehead atoms. The Kier molecular flexibility index (Phi) is 5.98. The number of carbonyl (C=O) groups is 1. The van der Waals surface area contributed by atoms with Gasteiger partial charge in [-0.15, -0.1) is 0 Å². The van der Waals surface area contributed by atoms with Gasteiger partial charge in [0.15, 0.2) is 0 Å². The topological polar surface area (TPSA) is 63.7 Å². The predicted octanol–water partition coefficient (Wildman–Crippen LogP) is 4.51. The summed E-state index contributed by atoms with van der Waals surface area (Å²) >= 11 is 0. The lowest BCUT2D eigenvalue weighted by molar-refractivity contribution is -0.114. The molecule has 2 aromatic carbocycles. The summed E-state index contributed by atoms with van der Waals surface area (Å²) in [6, 6.07) is 11.6. The fourth-order valence-electron chi connectivity index (χ4n) is 4.37. The van der Waals surface area contributed by atoms with Crippen LogP contribution in [0.4, 0.5) is 11.4 Å². The third-order valence-electron chi connectivity index (χ3n) is 5.86. The van der Waals surface area contributed by atoms with Gasteiger partial charge in [0.25, 0.3) is 0 Å². The lowest BCUT2D eigenvalue weighted by Gasteiger charge is -2.28. The van der Waals surface area contributed by atoms with Crippen molar-refractivity contribution in [3.05, 3.63) is 53.2 Å². The fraction of sp³-hybridized carbons (Fsp3) is 0.360. The third-order valence-corrected chi connectivity index (χ3v) is 5.86. The number of rotatable bonds is 6. The molecule has 0 saturated carbocycles. The molecule has 4 rings (SSSR count). The van der Waals surface area contributed by atoms with Gasteiger partial charge >= 0.3 is 0 Å². The van der Waals surface area contributed by atoms with Crippen molar-refractivity contribution < 1.29 is 14.3 Å². The van der Waals surface area contributed by atoms with E-state index in [0.29, 0.717) is 17.2 Å². The van der Waals surface area contributed by atoms with E-state index in [4.69, 9.17) is 14.5 Å². The number of likely N-dealkylation sites (N-methyl/N-ethyl adjacent to an activating group) is 1. The van der Waals surface area contributed by atoms with Crippen LogP contribution in [-0.2, 0) is 17.6 Å². The van der Waals surface area contributed by atoms with Crippen molar-refractivity contribution >= 4 is 28.2 Å². The molecule has 1 aliphatic rings. The molecule has 0 radical (unpaired) electrons. The number of hydrogen-bond acceptors (Lipinski definition) is 5. The molecule has 0 saturated heterocycles.